The largest absolute Gasteiger partial charge is 0.469 e. The summed E-state index contributed by atoms with van der Waals surface area (Å²) in [6.07, 6.45) is 2.92. The first-order chi connectivity index (χ1) is 14.8. The van der Waals surface area contributed by atoms with Gasteiger partial charge in [0.05, 0.1) is 44.0 Å². The van der Waals surface area contributed by atoms with E-state index in [4.69, 9.17) is 14.5 Å². The van der Waals surface area contributed by atoms with Crippen LogP contribution in [0.5, 0.6) is 0 Å². The molecule has 4 rings (SSSR count). The molecule has 1 aliphatic rings. The Labute approximate surface area is 179 Å². The summed E-state index contributed by atoms with van der Waals surface area (Å²) in [6, 6.07) is 7.43. The van der Waals surface area contributed by atoms with Gasteiger partial charge >= 0.3 is 5.97 Å². The second-order valence-corrected chi connectivity index (χ2v) is 9.47. The van der Waals surface area contributed by atoms with Crippen LogP contribution in [0.15, 0.2) is 30.5 Å². The number of hydrogen-bond acceptors (Lipinski definition) is 9. The Kier molecular flexibility index (Phi) is 5.88. The van der Waals surface area contributed by atoms with E-state index in [1.54, 1.807) is 6.20 Å². The van der Waals surface area contributed by atoms with Gasteiger partial charge in [-0.25, -0.2) is 18.1 Å². The lowest BCUT2D eigenvalue weighted by molar-refractivity contribution is -0.139. The minimum atomic E-state index is -3.31. The molecule has 0 unspecified atom stereocenters. The summed E-state index contributed by atoms with van der Waals surface area (Å²) >= 11 is 0. The highest BCUT2D eigenvalue weighted by Crippen LogP contribution is 2.29. The minimum Gasteiger partial charge on any atom is -0.469 e. The van der Waals surface area contributed by atoms with E-state index < -0.39 is 9.84 Å². The van der Waals surface area contributed by atoms with Crippen molar-refractivity contribution < 1.29 is 22.7 Å². The molecule has 0 spiro atoms. The average molecular weight is 446 g/mol. The van der Waals surface area contributed by atoms with Gasteiger partial charge < -0.3 is 14.4 Å². The van der Waals surface area contributed by atoms with Crippen molar-refractivity contribution in [3.05, 3.63) is 36.0 Å². The van der Waals surface area contributed by atoms with E-state index in [0.717, 1.165) is 17.4 Å². The molecule has 3 aromatic rings. The van der Waals surface area contributed by atoms with Crippen LogP contribution in [0.2, 0.25) is 0 Å². The number of carbonyl (C=O) groups excluding carboxylic acids is 1. The van der Waals surface area contributed by atoms with Gasteiger partial charge in [-0.05, 0) is 5.56 Å². The molecule has 0 saturated carbocycles. The molecule has 10 nitrogen and oxygen atoms in total. The van der Waals surface area contributed by atoms with Gasteiger partial charge in [0.1, 0.15) is 5.88 Å². The molecular formula is C20H23N5O5S. The Morgan fingerprint density at radius 3 is 2.52 bits per heavy atom. The van der Waals surface area contributed by atoms with Crippen LogP contribution in [-0.4, -0.2) is 73.8 Å². The third-order valence-electron chi connectivity index (χ3n) is 4.94. The van der Waals surface area contributed by atoms with Gasteiger partial charge in [0.15, 0.2) is 15.5 Å². The molecular weight excluding hydrogens is 422 g/mol. The maximum Gasteiger partial charge on any atom is 0.309 e. The lowest BCUT2D eigenvalue weighted by Gasteiger charge is -2.27. The molecule has 1 aliphatic heterocycles. The minimum absolute atomic E-state index is 0.182. The van der Waals surface area contributed by atoms with Crippen LogP contribution >= 0.6 is 0 Å². The first-order valence-corrected chi connectivity index (χ1v) is 11.8. The smallest absolute Gasteiger partial charge is 0.309 e. The predicted molar refractivity (Wildman–Crippen MR) is 114 cm³/mol. The number of carbonyl (C=O) groups is 1. The molecule has 1 fully saturated rings. The number of methoxy groups -OCH3 is 1. The monoisotopic (exact) mass is 445 g/mol. The third-order valence-corrected chi connectivity index (χ3v) is 5.65. The second-order valence-electron chi connectivity index (χ2n) is 7.36. The fraction of sp³-hybridized carbons (Fsp3) is 0.400. The van der Waals surface area contributed by atoms with Crippen molar-refractivity contribution >= 4 is 32.8 Å². The van der Waals surface area contributed by atoms with Gasteiger partial charge in [0, 0.05) is 24.9 Å². The van der Waals surface area contributed by atoms with E-state index in [0.29, 0.717) is 49.0 Å². The highest BCUT2D eigenvalue weighted by atomic mass is 32.2. The van der Waals surface area contributed by atoms with Crippen LogP contribution in [0, 0.1) is 0 Å². The molecule has 11 heteroatoms. The molecule has 1 saturated heterocycles. The summed E-state index contributed by atoms with van der Waals surface area (Å²) < 4.78 is 35.2. The molecule has 31 heavy (non-hydrogen) atoms. The number of hydrogen-bond donors (Lipinski definition) is 0. The number of morpholine rings is 1. The first-order valence-electron chi connectivity index (χ1n) is 9.74. The highest BCUT2D eigenvalue weighted by molar-refractivity contribution is 7.89. The summed E-state index contributed by atoms with van der Waals surface area (Å²) in [4.78, 5) is 22.9. The number of sulfone groups is 1. The molecule has 1 aromatic carbocycles. The Bertz CT molecular complexity index is 1200. The first kappa shape index (κ1) is 21.2. The topological polar surface area (TPSA) is 117 Å². The third kappa shape index (κ3) is 4.83. The van der Waals surface area contributed by atoms with Gasteiger partial charge in [-0.3, -0.25) is 4.79 Å². The van der Waals surface area contributed by atoms with Crippen LogP contribution in [0.25, 0.3) is 22.3 Å². The van der Waals surface area contributed by atoms with Crippen molar-refractivity contribution in [1.82, 2.24) is 19.7 Å². The van der Waals surface area contributed by atoms with Crippen LogP contribution in [0.1, 0.15) is 5.56 Å². The lowest BCUT2D eigenvalue weighted by atomic mass is 10.1. The highest BCUT2D eigenvalue weighted by Gasteiger charge is 2.21. The van der Waals surface area contributed by atoms with Gasteiger partial charge in [0.25, 0.3) is 0 Å². The number of benzene rings is 1. The maximum atomic E-state index is 11.9. The summed E-state index contributed by atoms with van der Waals surface area (Å²) in [5, 5.41) is 4.91. The molecule has 2 aromatic heterocycles. The maximum absolute atomic E-state index is 11.9. The average Bonchev–Trinajstić information content (AvgIpc) is 3.15. The Balaban J connectivity index is 1.80. The number of nitrogens with zero attached hydrogens (tertiary/aromatic N) is 5. The van der Waals surface area contributed by atoms with Gasteiger partial charge in [-0.2, -0.15) is 10.1 Å². The number of fused-ring (bicyclic) bond motifs is 1. The van der Waals surface area contributed by atoms with E-state index in [1.165, 1.54) is 11.8 Å². The number of ether oxygens (including phenoxy) is 2. The number of esters is 1. The second kappa shape index (κ2) is 8.60. The van der Waals surface area contributed by atoms with Crippen molar-refractivity contribution in [2.24, 2.45) is 0 Å². The Morgan fingerprint density at radius 1 is 1.16 bits per heavy atom. The lowest BCUT2D eigenvalue weighted by Crippen LogP contribution is -2.37. The van der Waals surface area contributed by atoms with E-state index in [9.17, 15) is 13.2 Å². The molecule has 0 atom stereocenters. The van der Waals surface area contributed by atoms with Crippen molar-refractivity contribution in [3.8, 4) is 11.3 Å². The van der Waals surface area contributed by atoms with E-state index in [1.807, 2.05) is 29.2 Å². The summed E-state index contributed by atoms with van der Waals surface area (Å²) in [5.41, 5.74) is 2.74. The van der Waals surface area contributed by atoms with E-state index in [-0.39, 0.29) is 18.3 Å². The van der Waals surface area contributed by atoms with Crippen LogP contribution in [0.4, 0.5) is 5.95 Å². The zero-order valence-corrected chi connectivity index (χ0v) is 18.1. The predicted octanol–water partition coefficient (Wildman–Crippen LogP) is 1.05. The quantitative estimate of drug-likeness (QED) is 0.513. The van der Waals surface area contributed by atoms with Crippen molar-refractivity contribution in [3.63, 3.8) is 0 Å². The van der Waals surface area contributed by atoms with Crippen molar-refractivity contribution in [2.45, 2.75) is 12.3 Å². The molecule has 0 bridgehead atoms. The molecule has 164 valence electrons. The molecule has 0 N–H and O–H groups in total. The summed E-state index contributed by atoms with van der Waals surface area (Å²) in [6.45, 7) is 2.43. The molecule has 0 radical (unpaired) electrons. The number of aromatic nitrogens is 4. The zero-order chi connectivity index (χ0) is 22.0. The molecule has 0 amide bonds. The normalized spacial score (nSPS) is 14.7. The fourth-order valence-electron chi connectivity index (χ4n) is 3.40. The summed E-state index contributed by atoms with van der Waals surface area (Å²) in [7, 11) is -1.95. The Hall–Kier alpha value is -3.05. The van der Waals surface area contributed by atoms with E-state index >= 15 is 0 Å². The standard InChI is InChI=1S/C20H23N5O5S/c1-29-17(26)11-14-3-5-15(6-4-14)18-16-12-21-25(13-31(2,27)28)19(16)23-20(22-18)24-7-9-30-10-8-24/h3-6,12H,7-11,13H2,1-2H3. The van der Waals surface area contributed by atoms with Crippen LogP contribution in [-0.2, 0) is 36.4 Å². The number of rotatable bonds is 6. The van der Waals surface area contributed by atoms with Crippen LogP contribution in [0.3, 0.4) is 0 Å². The molecule has 3 heterocycles. The number of anilines is 1. The van der Waals surface area contributed by atoms with Crippen molar-refractivity contribution in [1.29, 1.82) is 0 Å². The van der Waals surface area contributed by atoms with Crippen LogP contribution < -0.4 is 4.90 Å². The van der Waals surface area contributed by atoms with Crippen molar-refractivity contribution in [2.75, 3.05) is 44.6 Å². The van der Waals surface area contributed by atoms with Gasteiger partial charge in [-0.15, -0.1) is 0 Å². The van der Waals surface area contributed by atoms with Gasteiger partial charge in [-0.1, -0.05) is 24.3 Å². The Morgan fingerprint density at radius 2 is 1.87 bits per heavy atom. The SMILES string of the molecule is COC(=O)Cc1ccc(-c2nc(N3CCOCC3)nc3c2cnn3CS(C)(=O)=O)cc1. The summed E-state index contributed by atoms with van der Waals surface area (Å²) in [5.74, 6) is -0.0818. The van der Waals surface area contributed by atoms with E-state index in [2.05, 4.69) is 10.1 Å². The zero-order valence-electron chi connectivity index (χ0n) is 17.3. The molecule has 0 aliphatic carbocycles. The van der Waals surface area contributed by atoms with Gasteiger partial charge in [0.2, 0.25) is 5.95 Å². The fourth-order valence-corrected chi connectivity index (χ4v) is 4.04.